The minimum atomic E-state index is -0.476. The summed E-state index contributed by atoms with van der Waals surface area (Å²) in [5.74, 6) is -0.274. The predicted octanol–water partition coefficient (Wildman–Crippen LogP) is 2.52. The van der Waals surface area contributed by atoms with Gasteiger partial charge in [-0.05, 0) is 24.3 Å². The number of nitrogens with zero attached hydrogens (tertiary/aromatic N) is 1. The zero-order valence-electron chi connectivity index (χ0n) is 11.9. The number of hydrogen-bond acceptors (Lipinski definition) is 4. The summed E-state index contributed by atoms with van der Waals surface area (Å²) in [5.41, 5.74) is 7.08. The van der Waals surface area contributed by atoms with Crippen molar-refractivity contribution in [2.24, 2.45) is 5.73 Å². The van der Waals surface area contributed by atoms with Gasteiger partial charge in [-0.15, -0.1) is 0 Å². The summed E-state index contributed by atoms with van der Waals surface area (Å²) in [6.45, 7) is 0.299. The number of primary amides is 1. The second-order valence-corrected chi connectivity index (χ2v) is 5.00. The molecule has 0 aliphatic rings. The molecule has 2 rings (SSSR count). The van der Waals surface area contributed by atoms with E-state index in [0.717, 1.165) is 0 Å². The largest absolute Gasteiger partial charge is 0.496 e. The van der Waals surface area contributed by atoms with E-state index in [1.165, 1.54) is 25.4 Å². The first-order chi connectivity index (χ1) is 10.5. The lowest BCUT2D eigenvalue weighted by atomic mass is 10.1. The van der Waals surface area contributed by atoms with Crippen molar-refractivity contribution in [2.75, 3.05) is 12.4 Å². The van der Waals surface area contributed by atoms with Gasteiger partial charge in [0.2, 0.25) is 5.91 Å². The van der Waals surface area contributed by atoms with E-state index in [0.29, 0.717) is 29.1 Å². The number of carbonyl (C=O) groups is 1. The van der Waals surface area contributed by atoms with Crippen molar-refractivity contribution < 1.29 is 13.9 Å². The van der Waals surface area contributed by atoms with Crippen molar-refractivity contribution in [3.63, 3.8) is 0 Å². The van der Waals surface area contributed by atoms with Crippen molar-refractivity contribution in [2.45, 2.75) is 13.0 Å². The van der Waals surface area contributed by atoms with Crippen LogP contribution in [0, 0.1) is 5.82 Å². The molecule has 22 heavy (non-hydrogen) atoms. The summed E-state index contributed by atoms with van der Waals surface area (Å²) in [6.07, 6.45) is 1.52. The number of carbonyl (C=O) groups excluding carboxylic acids is 1. The van der Waals surface area contributed by atoms with Crippen LogP contribution in [0.2, 0.25) is 5.15 Å². The highest BCUT2D eigenvalue weighted by Gasteiger charge is 2.09. The molecule has 0 unspecified atom stereocenters. The Morgan fingerprint density at radius 1 is 1.41 bits per heavy atom. The summed E-state index contributed by atoms with van der Waals surface area (Å²) >= 11 is 5.87. The second kappa shape index (κ2) is 7.09. The summed E-state index contributed by atoms with van der Waals surface area (Å²) in [7, 11) is 1.51. The third-order valence-electron chi connectivity index (χ3n) is 3.03. The predicted molar refractivity (Wildman–Crippen MR) is 82.4 cm³/mol. The van der Waals surface area contributed by atoms with Crippen LogP contribution in [0.25, 0.3) is 0 Å². The van der Waals surface area contributed by atoms with E-state index in [4.69, 9.17) is 22.1 Å². The molecule has 0 fully saturated rings. The van der Waals surface area contributed by atoms with Gasteiger partial charge in [-0.3, -0.25) is 4.79 Å². The molecule has 0 saturated carbocycles. The van der Waals surface area contributed by atoms with Gasteiger partial charge < -0.3 is 15.8 Å². The third-order valence-corrected chi connectivity index (χ3v) is 3.24. The fourth-order valence-corrected chi connectivity index (χ4v) is 2.18. The van der Waals surface area contributed by atoms with Crippen LogP contribution in [0.1, 0.15) is 11.1 Å². The number of anilines is 1. The standard InChI is InChI=1S/C15H15ClFN3O2/c1-22-13-3-2-11(17)4-10(13)8-19-12-6-14(16)20-7-9(12)5-15(18)21/h2-4,6-7H,5,8H2,1H3,(H2,18,21)(H,19,20). The smallest absolute Gasteiger partial charge is 0.221 e. The monoisotopic (exact) mass is 323 g/mol. The average molecular weight is 324 g/mol. The summed E-state index contributed by atoms with van der Waals surface area (Å²) < 4.78 is 18.5. The summed E-state index contributed by atoms with van der Waals surface area (Å²) in [4.78, 5) is 15.0. The van der Waals surface area contributed by atoms with Crippen LogP contribution in [0.4, 0.5) is 10.1 Å². The molecule has 1 aromatic heterocycles. The van der Waals surface area contributed by atoms with E-state index in [-0.39, 0.29) is 17.4 Å². The highest BCUT2D eigenvalue weighted by atomic mass is 35.5. The zero-order valence-corrected chi connectivity index (χ0v) is 12.7. The number of hydrogen-bond donors (Lipinski definition) is 2. The Morgan fingerprint density at radius 3 is 2.86 bits per heavy atom. The number of aromatic nitrogens is 1. The second-order valence-electron chi connectivity index (χ2n) is 4.62. The van der Waals surface area contributed by atoms with Crippen LogP contribution in [0.3, 0.4) is 0 Å². The van der Waals surface area contributed by atoms with E-state index in [1.807, 2.05) is 0 Å². The van der Waals surface area contributed by atoms with Crippen molar-refractivity contribution in [3.8, 4) is 5.75 Å². The number of pyridine rings is 1. The molecular weight excluding hydrogens is 309 g/mol. The van der Waals surface area contributed by atoms with Crippen LogP contribution >= 0.6 is 11.6 Å². The maximum Gasteiger partial charge on any atom is 0.221 e. The van der Waals surface area contributed by atoms with E-state index >= 15 is 0 Å². The average Bonchev–Trinajstić information content (AvgIpc) is 2.47. The molecule has 0 aliphatic heterocycles. The molecule has 3 N–H and O–H groups in total. The Kier molecular flexibility index (Phi) is 5.16. The Balaban J connectivity index is 2.22. The van der Waals surface area contributed by atoms with Crippen molar-refractivity contribution >= 4 is 23.2 Å². The molecule has 2 aromatic rings. The molecule has 116 valence electrons. The molecule has 1 heterocycles. The number of amides is 1. The number of rotatable bonds is 6. The first-order valence-corrected chi connectivity index (χ1v) is 6.86. The molecule has 7 heteroatoms. The minimum absolute atomic E-state index is 0.0345. The Morgan fingerprint density at radius 2 is 2.18 bits per heavy atom. The van der Waals surface area contributed by atoms with Crippen LogP contribution in [0.15, 0.2) is 30.5 Å². The lowest BCUT2D eigenvalue weighted by Crippen LogP contribution is -2.15. The lowest BCUT2D eigenvalue weighted by Gasteiger charge is -2.13. The molecule has 0 aliphatic carbocycles. The van der Waals surface area contributed by atoms with Gasteiger partial charge >= 0.3 is 0 Å². The fourth-order valence-electron chi connectivity index (χ4n) is 2.03. The van der Waals surface area contributed by atoms with Gasteiger partial charge in [0.05, 0.1) is 13.5 Å². The Bertz CT molecular complexity index is 694. The van der Waals surface area contributed by atoms with Crippen molar-refractivity contribution in [1.82, 2.24) is 4.98 Å². The molecule has 1 amide bonds. The molecule has 0 saturated heterocycles. The van der Waals surface area contributed by atoms with Crippen LogP contribution in [0.5, 0.6) is 5.75 Å². The lowest BCUT2D eigenvalue weighted by molar-refractivity contribution is -0.117. The van der Waals surface area contributed by atoms with E-state index < -0.39 is 5.91 Å². The van der Waals surface area contributed by atoms with Gasteiger partial charge in [0.1, 0.15) is 16.7 Å². The molecule has 0 atom stereocenters. The number of halogens is 2. The third kappa shape index (κ3) is 4.08. The highest BCUT2D eigenvalue weighted by Crippen LogP contribution is 2.23. The SMILES string of the molecule is COc1ccc(F)cc1CNc1cc(Cl)ncc1CC(N)=O. The quantitative estimate of drug-likeness (QED) is 0.801. The van der Waals surface area contributed by atoms with E-state index in [2.05, 4.69) is 10.3 Å². The van der Waals surface area contributed by atoms with E-state index in [1.54, 1.807) is 12.1 Å². The van der Waals surface area contributed by atoms with Crippen LogP contribution < -0.4 is 15.8 Å². The molecule has 0 spiro atoms. The summed E-state index contributed by atoms with van der Waals surface area (Å²) in [6, 6.07) is 5.84. The van der Waals surface area contributed by atoms with Gasteiger partial charge in [-0.25, -0.2) is 9.37 Å². The molecule has 0 radical (unpaired) electrons. The number of nitrogens with one attached hydrogen (secondary N) is 1. The Hall–Kier alpha value is -2.34. The Labute approximate surface area is 132 Å². The summed E-state index contributed by atoms with van der Waals surface area (Å²) in [5, 5.41) is 3.38. The topological polar surface area (TPSA) is 77.2 Å². The first-order valence-electron chi connectivity index (χ1n) is 6.48. The van der Waals surface area contributed by atoms with Gasteiger partial charge in [-0.2, -0.15) is 0 Å². The molecule has 1 aromatic carbocycles. The van der Waals surface area contributed by atoms with E-state index in [9.17, 15) is 9.18 Å². The highest BCUT2D eigenvalue weighted by molar-refractivity contribution is 6.29. The maximum atomic E-state index is 13.3. The molecule has 5 nitrogen and oxygen atoms in total. The van der Waals surface area contributed by atoms with Gasteiger partial charge in [0.25, 0.3) is 0 Å². The maximum absolute atomic E-state index is 13.3. The normalized spacial score (nSPS) is 10.3. The van der Waals surface area contributed by atoms with Crippen molar-refractivity contribution in [3.05, 3.63) is 52.6 Å². The van der Waals surface area contributed by atoms with Gasteiger partial charge in [0, 0.05) is 29.6 Å². The van der Waals surface area contributed by atoms with Crippen LogP contribution in [-0.4, -0.2) is 18.0 Å². The van der Waals surface area contributed by atoms with Crippen molar-refractivity contribution in [1.29, 1.82) is 0 Å². The number of methoxy groups -OCH3 is 1. The van der Waals surface area contributed by atoms with Crippen LogP contribution in [-0.2, 0) is 17.8 Å². The molecule has 0 bridgehead atoms. The van der Waals surface area contributed by atoms with Gasteiger partial charge in [-0.1, -0.05) is 11.6 Å². The fraction of sp³-hybridized carbons (Fsp3) is 0.200. The molecular formula is C15H15ClFN3O2. The number of nitrogens with two attached hydrogens (primary N) is 1. The minimum Gasteiger partial charge on any atom is -0.496 e. The zero-order chi connectivity index (χ0) is 16.1. The number of ether oxygens (including phenoxy) is 1. The van der Waals surface area contributed by atoms with Gasteiger partial charge in [0.15, 0.2) is 0 Å². The first kappa shape index (κ1) is 16.0. The number of benzene rings is 1.